The lowest BCUT2D eigenvalue weighted by molar-refractivity contribution is 0.0595. The van der Waals surface area contributed by atoms with Gasteiger partial charge >= 0.3 is 0 Å². The number of benzene rings is 3. The Hall–Kier alpha value is -3.43. The van der Waals surface area contributed by atoms with Crippen LogP contribution in [0.3, 0.4) is 0 Å². The Morgan fingerprint density at radius 1 is 0.971 bits per heavy atom. The van der Waals surface area contributed by atoms with Gasteiger partial charge in [0.15, 0.2) is 0 Å². The van der Waals surface area contributed by atoms with Gasteiger partial charge in [-0.1, -0.05) is 41.7 Å². The number of piperidine rings is 1. The quantitative estimate of drug-likeness (QED) is 0.374. The molecular weight excluding hydrogens is 482 g/mol. The number of carbonyl (C=O) groups excluding carboxylic acids is 1. The van der Waals surface area contributed by atoms with Gasteiger partial charge in [-0.25, -0.2) is 13.4 Å². The van der Waals surface area contributed by atoms with Crippen LogP contribution >= 0.6 is 11.3 Å². The molecule has 0 aliphatic carbocycles. The number of hydrogen-bond donors (Lipinski definition) is 0. The summed E-state index contributed by atoms with van der Waals surface area (Å²) in [5.74, 6) is -0.108. The number of carbonyl (C=O) groups is 1. The number of ether oxygens (including phenoxy) is 1. The molecule has 0 N–H and O–H groups in total. The minimum Gasteiger partial charge on any atom is -0.467 e. The summed E-state index contributed by atoms with van der Waals surface area (Å²) in [5, 5.41) is 0.660. The molecule has 35 heavy (non-hydrogen) atoms. The van der Waals surface area contributed by atoms with Crippen LogP contribution in [0.2, 0.25) is 0 Å². The maximum Gasteiger partial charge on any atom is 0.274 e. The number of amides is 1. The van der Waals surface area contributed by atoms with Crippen molar-refractivity contribution in [2.24, 2.45) is 0 Å². The van der Waals surface area contributed by atoms with E-state index in [9.17, 15) is 13.2 Å². The smallest absolute Gasteiger partial charge is 0.274 e. The number of para-hydroxylation sites is 2. The third-order valence-electron chi connectivity index (χ3n) is 6.15. The van der Waals surface area contributed by atoms with Crippen molar-refractivity contribution >= 4 is 43.2 Å². The fraction of sp³-hybridized carbons (Fsp3) is 0.231. The van der Waals surface area contributed by atoms with Crippen molar-refractivity contribution in [2.45, 2.75) is 23.8 Å². The first-order valence-corrected chi connectivity index (χ1v) is 13.6. The Balaban J connectivity index is 1.20. The Labute approximate surface area is 208 Å². The number of anilines is 1. The first-order valence-electron chi connectivity index (χ1n) is 11.4. The molecule has 1 aliphatic rings. The van der Waals surface area contributed by atoms with Gasteiger partial charge < -0.3 is 9.64 Å². The Kier molecular flexibility index (Phi) is 6.44. The van der Waals surface area contributed by atoms with Crippen molar-refractivity contribution in [1.82, 2.24) is 9.88 Å². The largest absolute Gasteiger partial charge is 0.467 e. The zero-order valence-corrected chi connectivity index (χ0v) is 20.8. The third kappa shape index (κ3) is 4.87. The number of sulfonamides is 1. The summed E-state index contributed by atoms with van der Waals surface area (Å²) in [6.45, 7) is 1.15. The summed E-state index contributed by atoms with van der Waals surface area (Å²) in [5.41, 5.74) is 1.97. The van der Waals surface area contributed by atoms with Crippen LogP contribution in [0, 0.1) is 0 Å². The molecule has 4 aromatic rings. The van der Waals surface area contributed by atoms with Crippen LogP contribution in [0.4, 0.5) is 5.69 Å². The van der Waals surface area contributed by atoms with Crippen LogP contribution in [0.5, 0.6) is 5.19 Å². The fourth-order valence-corrected chi connectivity index (χ4v) is 6.18. The molecule has 0 spiro atoms. The lowest BCUT2D eigenvalue weighted by atomic mass is 10.1. The maximum atomic E-state index is 13.0. The fourth-order valence-electron chi connectivity index (χ4n) is 4.11. The second kappa shape index (κ2) is 9.67. The molecule has 3 aromatic carbocycles. The number of fused-ring (bicyclic) bond motifs is 1. The molecule has 1 aliphatic heterocycles. The van der Waals surface area contributed by atoms with E-state index < -0.39 is 10.0 Å². The van der Waals surface area contributed by atoms with Gasteiger partial charge in [-0.3, -0.25) is 9.10 Å². The highest BCUT2D eigenvalue weighted by Crippen LogP contribution is 2.30. The van der Waals surface area contributed by atoms with Crippen LogP contribution in [0.15, 0.2) is 83.8 Å². The maximum absolute atomic E-state index is 13.0. The molecule has 0 bridgehead atoms. The van der Waals surface area contributed by atoms with Crippen molar-refractivity contribution < 1.29 is 17.9 Å². The number of thiazole rings is 1. The molecule has 2 heterocycles. The molecule has 9 heteroatoms. The zero-order valence-electron chi connectivity index (χ0n) is 19.2. The van der Waals surface area contributed by atoms with Gasteiger partial charge in [-0.15, -0.1) is 0 Å². The van der Waals surface area contributed by atoms with Gasteiger partial charge in [0.1, 0.15) is 6.10 Å². The summed E-state index contributed by atoms with van der Waals surface area (Å²) in [6.07, 6.45) is 1.45. The van der Waals surface area contributed by atoms with Crippen LogP contribution in [-0.2, 0) is 10.0 Å². The van der Waals surface area contributed by atoms with Crippen LogP contribution in [0.1, 0.15) is 23.2 Å². The molecule has 5 rings (SSSR count). The predicted octanol–water partition coefficient (Wildman–Crippen LogP) is 4.81. The number of rotatable bonds is 6. The number of hydrogen-bond acceptors (Lipinski definition) is 6. The monoisotopic (exact) mass is 507 g/mol. The number of likely N-dealkylation sites (tertiary alicyclic amines) is 1. The summed E-state index contributed by atoms with van der Waals surface area (Å²) >= 11 is 1.53. The van der Waals surface area contributed by atoms with Crippen molar-refractivity contribution in [2.75, 3.05) is 24.4 Å². The minimum atomic E-state index is -3.72. The molecule has 180 valence electrons. The SMILES string of the molecule is CN(c1ccccc1)S(=O)(=O)c1ccc(C(=O)N2CCC(Oc3nc4ccccc4s3)CC2)cc1. The molecule has 1 aromatic heterocycles. The van der Waals surface area contributed by atoms with Crippen LogP contribution < -0.4 is 9.04 Å². The number of nitrogens with zero attached hydrogens (tertiary/aromatic N) is 3. The van der Waals surface area contributed by atoms with Crippen molar-refractivity contribution in [1.29, 1.82) is 0 Å². The summed E-state index contributed by atoms with van der Waals surface area (Å²) in [7, 11) is -2.20. The molecule has 0 radical (unpaired) electrons. The first kappa shape index (κ1) is 23.3. The topological polar surface area (TPSA) is 79.8 Å². The third-order valence-corrected chi connectivity index (χ3v) is 8.88. The van der Waals surface area contributed by atoms with Gasteiger partial charge in [0.25, 0.3) is 21.1 Å². The average Bonchev–Trinajstić information content (AvgIpc) is 3.31. The van der Waals surface area contributed by atoms with Crippen LogP contribution in [0.25, 0.3) is 10.2 Å². The van der Waals surface area contributed by atoms with E-state index in [1.807, 2.05) is 30.3 Å². The average molecular weight is 508 g/mol. The van der Waals surface area contributed by atoms with Crippen molar-refractivity contribution in [3.05, 3.63) is 84.4 Å². The van der Waals surface area contributed by atoms with E-state index in [-0.39, 0.29) is 16.9 Å². The molecule has 0 unspecified atom stereocenters. The second-order valence-corrected chi connectivity index (χ2v) is 11.4. The molecule has 7 nitrogen and oxygen atoms in total. The van der Waals surface area contributed by atoms with Gasteiger partial charge in [0, 0.05) is 38.5 Å². The van der Waals surface area contributed by atoms with Crippen LogP contribution in [-0.4, -0.2) is 50.5 Å². The molecule has 1 amide bonds. The minimum absolute atomic E-state index is 0.0145. The summed E-state index contributed by atoms with van der Waals surface area (Å²) in [4.78, 5) is 19.5. The van der Waals surface area contributed by atoms with Gasteiger partial charge in [0.2, 0.25) is 0 Å². The van der Waals surface area contributed by atoms with E-state index in [0.29, 0.717) is 29.5 Å². The lowest BCUT2D eigenvalue weighted by Crippen LogP contribution is -2.41. The standard InChI is InChI=1S/C26H25N3O4S2/c1-28(20-7-3-2-4-8-20)35(31,32)22-13-11-19(12-14-22)25(30)29-17-15-21(16-18-29)33-26-27-23-9-5-6-10-24(23)34-26/h2-14,21H,15-18H2,1H3. The molecule has 1 fully saturated rings. The zero-order chi connectivity index (χ0) is 24.4. The van der Waals surface area contributed by atoms with Crippen molar-refractivity contribution in [3.63, 3.8) is 0 Å². The van der Waals surface area contributed by atoms with E-state index in [1.165, 1.54) is 34.8 Å². The lowest BCUT2D eigenvalue weighted by Gasteiger charge is -2.31. The highest BCUT2D eigenvalue weighted by atomic mass is 32.2. The normalized spacial score (nSPS) is 14.7. The number of aromatic nitrogens is 1. The summed E-state index contributed by atoms with van der Waals surface area (Å²) < 4.78 is 34.4. The Morgan fingerprint density at radius 2 is 1.63 bits per heavy atom. The van der Waals surface area contributed by atoms with Gasteiger partial charge in [-0.05, 0) is 48.5 Å². The molecular formula is C26H25N3O4S2. The molecule has 0 saturated carbocycles. The van der Waals surface area contributed by atoms with E-state index in [1.54, 1.807) is 41.3 Å². The highest BCUT2D eigenvalue weighted by molar-refractivity contribution is 7.92. The van der Waals surface area contributed by atoms with Gasteiger partial charge in [-0.2, -0.15) is 0 Å². The molecule has 0 atom stereocenters. The van der Waals surface area contributed by atoms with Gasteiger partial charge in [0.05, 0.1) is 20.8 Å². The summed E-state index contributed by atoms with van der Waals surface area (Å²) in [6, 6.07) is 23.0. The highest BCUT2D eigenvalue weighted by Gasteiger charge is 2.26. The second-order valence-electron chi connectivity index (χ2n) is 8.39. The van der Waals surface area contributed by atoms with E-state index >= 15 is 0 Å². The van der Waals surface area contributed by atoms with Crippen molar-refractivity contribution in [3.8, 4) is 5.19 Å². The first-order chi connectivity index (χ1) is 16.9. The predicted molar refractivity (Wildman–Crippen MR) is 138 cm³/mol. The van der Waals surface area contributed by atoms with E-state index in [2.05, 4.69) is 4.98 Å². The Morgan fingerprint density at radius 3 is 2.31 bits per heavy atom. The molecule has 1 saturated heterocycles. The Bertz CT molecular complexity index is 1400. The van der Waals surface area contributed by atoms with E-state index in [0.717, 1.165) is 23.1 Å². The van der Waals surface area contributed by atoms with E-state index in [4.69, 9.17) is 4.74 Å².